The summed E-state index contributed by atoms with van der Waals surface area (Å²) in [6.07, 6.45) is 18.9. The van der Waals surface area contributed by atoms with E-state index in [9.17, 15) is 9.59 Å². The van der Waals surface area contributed by atoms with Crippen molar-refractivity contribution in [1.82, 2.24) is 10.6 Å². The molecule has 0 aliphatic rings. The molecule has 0 fully saturated rings. The summed E-state index contributed by atoms with van der Waals surface area (Å²) in [7, 11) is 1.59. The first-order chi connectivity index (χ1) is 16.7. The molecule has 0 bridgehead atoms. The molecule has 0 radical (unpaired) electrons. The molecular weight excluding hydrogens is 426 g/mol. The van der Waals surface area contributed by atoms with Gasteiger partial charge in [-0.05, 0) is 31.2 Å². The summed E-state index contributed by atoms with van der Waals surface area (Å²) < 4.78 is 4.93. The normalized spacial score (nSPS) is 10.9. The Hall–Kier alpha value is -1.92. The largest absolute Gasteiger partial charge is 0.383 e. The lowest BCUT2D eigenvalue weighted by atomic mass is 10.0. The van der Waals surface area contributed by atoms with E-state index in [1.807, 2.05) is 0 Å². The van der Waals surface area contributed by atoms with E-state index in [2.05, 4.69) is 22.9 Å². The third kappa shape index (κ3) is 16.7. The van der Waals surface area contributed by atoms with Crippen molar-refractivity contribution in [1.29, 1.82) is 0 Å². The maximum atomic E-state index is 12.2. The van der Waals surface area contributed by atoms with Crippen molar-refractivity contribution in [3.63, 3.8) is 0 Å². The van der Waals surface area contributed by atoms with Crippen LogP contribution in [0.3, 0.4) is 0 Å². The van der Waals surface area contributed by atoms with E-state index in [-0.39, 0.29) is 18.4 Å². The van der Waals surface area contributed by atoms with Crippen molar-refractivity contribution < 1.29 is 14.3 Å². The maximum absolute atomic E-state index is 12.2. The summed E-state index contributed by atoms with van der Waals surface area (Å²) >= 11 is 0. The molecule has 3 N–H and O–H groups in total. The van der Waals surface area contributed by atoms with Gasteiger partial charge >= 0.3 is 0 Å². The highest BCUT2D eigenvalue weighted by atomic mass is 16.5. The Kier molecular flexibility index (Phi) is 19.1. The topological polar surface area (TPSA) is 79.5 Å². The number of rotatable bonds is 22. The summed E-state index contributed by atoms with van der Waals surface area (Å²) in [5.41, 5.74) is 1.15. The minimum atomic E-state index is -0.177. The van der Waals surface area contributed by atoms with Crippen LogP contribution in [-0.4, -0.2) is 45.2 Å². The van der Waals surface area contributed by atoms with Crippen molar-refractivity contribution in [2.45, 2.75) is 96.8 Å². The predicted octanol–water partition coefficient (Wildman–Crippen LogP) is 6.07. The Bertz CT molecular complexity index is 652. The van der Waals surface area contributed by atoms with Gasteiger partial charge in [0.05, 0.1) is 13.2 Å². The van der Waals surface area contributed by atoms with Crippen LogP contribution in [0.15, 0.2) is 24.3 Å². The van der Waals surface area contributed by atoms with Crippen LogP contribution < -0.4 is 16.0 Å². The fourth-order valence-corrected chi connectivity index (χ4v) is 3.96. The van der Waals surface area contributed by atoms with E-state index in [0.717, 1.165) is 13.0 Å². The van der Waals surface area contributed by atoms with E-state index in [4.69, 9.17) is 4.74 Å². The third-order valence-corrected chi connectivity index (χ3v) is 5.99. The van der Waals surface area contributed by atoms with Gasteiger partial charge in [0.15, 0.2) is 0 Å². The first kappa shape index (κ1) is 30.1. The van der Waals surface area contributed by atoms with Crippen molar-refractivity contribution in [2.75, 3.05) is 38.7 Å². The summed E-state index contributed by atoms with van der Waals surface area (Å²) in [5.74, 6) is -0.272. The molecule has 1 rings (SSSR count). The summed E-state index contributed by atoms with van der Waals surface area (Å²) in [6.45, 7) is 4.33. The number of benzene rings is 1. The van der Waals surface area contributed by atoms with Crippen LogP contribution in [-0.2, 0) is 9.53 Å². The summed E-state index contributed by atoms with van der Waals surface area (Å²) in [5, 5.41) is 8.84. The van der Waals surface area contributed by atoms with Gasteiger partial charge in [-0.25, -0.2) is 0 Å². The van der Waals surface area contributed by atoms with Crippen LogP contribution in [0.1, 0.15) is 107 Å². The SMILES string of the molecule is CCCCCCCCCCCCCCCCNCC(=O)Nc1cccc(C(=O)NCCOC)c1. The van der Waals surface area contributed by atoms with Crippen LogP contribution in [0.4, 0.5) is 5.69 Å². The fourth-order valence-electron chi connectivity index (χ4n) is 3.96. The minimum Gasteiger partial charge on any atom is -0.383 e. The molecule has 0 spiro atoms. The van der Waals surface area contributed by atoms with Gasteiger partial charge in [-0.3, -0.25) is 9.59 Å². The van der Waals surface area contributed by atoms with Gasteiger partial charge in [0.1, 0.15) is 0 Å². The van der Waals surface area contributed by atoms with E-state index in [1.54, 1.807) is 31.4 Å². The molecule has 194 valence electrons. The molecule has 2 amide bonds. The molecule has 6 nitrogen and oxygen atoms in total. The molecular formula is C28H49N3O3. The Balaban J connectivity index is 1.97. The molecule has 0 aliphatic carbocycles. The number of hydrogen-bond donors (Lipinski definition) is 3. The second kappa shape index (κ2) is 21.6. The van der Waals surface area contributed by atoms with Crippen LogP contribution >= 0.6 is 0 Å². The summed E-state index contributed by atoms with van der Waals surface area (Å²) in [6, 6.07) is 6.97. The van der Waals surface area contributed by atoms with Crippen LogP contribution in [0.5, 0.6) is 0 Å². The molecule has 0 unspecified atom stereocenters. The standard InChI is InChI=1S/C28H49N3O3/c1-3-4-5-6-7-8-9-10-11-12-13-14-15-16-20-29-24-27(32)31-26-19-17-18-25(23-26)28(33)30-21-22-34-2/h17-19,23,29H,3-16,20-22,24H2,1-2H3,(H,30,33)(H,31,32). The molecule has 0 atom stereocenters. The molecule has 1 aromatic carbocycles. The average Bonchev–Trinajstić information content (AvgIpc) is 2.84. The molecule has 0 saturated heterocycles. The second-order valence-corrected chi connectivity index (χ2v) is 9.15. The first-order valence-electron chi connectivity index (χ1n) is 13.5. The van der Waals surface area contributed by atoms with Crippen LogP contribution in [0.25, 0.3) is 0 Å². The van der Waals surface area contributed by atoms with Crippen molar-refractivity contribution in [3.8, 4) is 0 Å². The van der Waals surface area contributed by atoms with E-state index in [1.165, 1.54) is 83.5 Å². The van der Waals surface area contributed by atoms with Gasteiger partial charge in [-0.1, -0.05) is 96.5 Å². The Morgan fingerprint density at radius 2 is 1.38 bits per heavy atom. The summed E-state index contributed by atoms with van der Waals surface area (Å²) in [4.78, 5) is 24.3. The number of ether oxygens (including phenoxy) is 1. The van der Waals surface area contributed by atoms with Gasteiger partial charge in [-0.2, -0.15) is 0 Å². The van der Waals surface area contributed by atoms with Gasteiger partial charge in [0, 0.05) is 24.9 Å². The fraction of sp³-hybridized carbons (Fsp3) is 0.714. The number of hydrogen-bond acceptors (Lipinski definition) is 4. The maximum Gasteiger partial charge on any atom is 0.251 e. The number of nitrogens with one attached hydrogen (secondary N) is 3. The number of amides is 2. The number of unbranched alkanes of at least 4 members (excludes halogenated alkanes) is 13. The predicted molar refractivity (Wildman–Crippen MR) is 142 cm³/mol. The van der Waals surface area contributed by atoms with Crippen molar-refractivity contribution in [3.05, 3.63) is 29.8 Å². The molecule has 0 saturated carbocycles. The Morgan fingerprint density at radius 3 is 1.97 bits per heavy atom. The molecule has 34 heavy (non-hydrogen) atoms. The van der Waals surface area contributed by atoms with Gasteiger partial charge in [-0.15, -0.1) is 0 Å². The van der Waals surface area contributed by atoms with Gasteiger partial charge in [0.2, 0.25) is 5.91 Å². The van der Waals surface area contributed by atoms with E-state index < -0.39 is 0 Å². The van der Waals surface area contributed by atoms with E-state index >= 15 is 0 Å². The molecule has 0 aliphatic heterocycles. The molecule has 6 heteroatoms. The highest BCUT2D eigenvalue weighted by molar-refractivity contribution is 5.97. The zero-order chi connectivity index (χ0) is 24.7. The van der Waals surface area contributed by atoms with Crippen molar-refractivity contribution in [2.24, 2.45) is 0 Å². The van der Waals surface area contributed by atoms with Crippen LogP contribution in [0.2, 0.25) is 0 Å². The average molecular weight is 476 g/mol. The smallest absolute Gasteiger partial charge is 0.251 e. The van der Waals surface area contributed by atoms with Gasteiger partial charge in [0.25, 0.3) is 5.91 Å². The van der Waals surface area contributed by atoms with Gasteiger partial charge < -0.3 is 20.7 Å². The number of anilines is 1. The highest BCUT2D eigenvalue weighted by Crippen LogP contribution is 2.13. The van der Waals surface area contributed by atoms with Crippen molar-refractivity contribution >= 4 is 17.5 Å². The zero-order valence-electron chi connectivity index (χ0n) is 21.8. The molecule has 0 aromatic heterocycles. The minimum absolute atomic E-state index is 0.0951. The van der Waals surface area contributed by atoms with Crippen LogP contribution in [0, 0.1) is 0 Å². The first-order valence-corrected chi connectivity index (χ1v) is 13.5. The number of carbonyl (C=O) groups excluding carboxylic acids is 2. The highest BCUT2D eigenvalue weighted by Gasteiger charge is 2.07. The zero-order valence-corrected chi connectivity index (χ0v) is 21.8. The Labute approximate surface area is 208 Å². The lowest BCUT2D eigenvalue weighted by molar-refractivity contribution is -0.115. The lowest BCUT2D eigenvalue weighted by Gasteiger charge is -2.09. The second-order valence-electron chi connectivity index (χ2n) is 9.15. The molecule has 1 aromatic rings. The third-order valence-electron chi connectivity index (χ3n) is 5.99. The quantitative estimate of drug-likeness (QED) is 0.178. The number of carbonyl (C=O) groups is 2. The Morgan fingerprint density at radius 1 is 0.794 bits per heavy atom. The monoisotopic (exact) mass is 475 g/mol. The molecule has 0 heterocycles. The van der Waals surface area contributed by atoms with E-state index in [0.29, 0.717) is 24.4 Å². The number of methoxy groups -OCH3 is 1. The lowest BCUT2D eigenvalue weighted by Crippen LogP contribution is -2.29.